The number of aromatic nitrogens is 1. The molecule has 0 saturated carbocycles. The normalized spacial score (nSPS) is 16.8. The average Bonchev–Trinajstić information content (AvgIpc) is 3.15. The predicted molar refractivity (Wildman–Crippen MR) is 93.7 cm³/mol. The molecule has 1 saturated heterocycles. The molecule has 0 N–H and O–H groups in total. The van der Waals surface area contributed by atoms with Crippen molar-refractivity contribution in [3.63, 3.8) is 0 Å². The third-order valence-corrected chi connectivity index (χ3v) is 4.38. The van der Waals surface area contributed by atoms with Gasteiger partial charge in [-0.15, -0.1) is 0 Å². The number of pyridine rings is 1. The van der Waals surface area contributed by atoms with Crippen molar-refractivity contribution in [2.45, 2.75) is 18.7 Å². The zero-order chi connectivity index (χ0) is 20.3. The minimum absolute atomic E-state index is 0.0929. The first kappa shape index (κ1) is 19.8. The first-order chi connectivity index (χ1) is 13.3. The fourth-order valence-corrected chi connectivity index (χ4v) is 2.91. The number of carbonyl (C=O) groups excluding carboxylic acids is 1. The van der Waals surface area contributed by atoms with Gasteiger partial charge in [-0.05, 0) is 18.2 Å². The van der Waals surface area contributed by atoms with Crippen molar-refractivity contribution in [1.82, 2.24) is 9.88 Å². The van der Waals surface area contributed by atoms with Gasteiger partial charge in [-0.3, -0.25) is 4.79 Å². The van der Waals surface area contributed by atoms with E-state index in [1.54, 1.807) is 23.1 Å². The highest BCUT2D eigenvalue weighted by Crippen LogP contribution is 2.30. The summed E-state index contributed by atoms with van der Waals surface area (Å²) in [7, 11) is 3.00. The van der Waals surface area contributed by atoms with Crippen LogP contribution in [0.5, 0.6) is 17.4 Å². The Morgan fingerprint density at radius 1 is 1.14 bits per heavy atom. The van der Waals surface area contributed by atoms with Crippen LogP contribution < -0.4 is 14.2 Å². The maximum absolute atomic E-state index is 12.8. The maximum atomic E-state index is 12.8. The van der Waals surface area contributed by atoms with Crippen LogP contribution in [-0.4, -0.2) is 49.2 Å². The van der Waals surface area contributed by atoms with E-state index in [9.17, 15) is 18.0 Å². The zero-order valence-electron chi connectivity index (χ0n) is 15.3. The molecular weight excluding hydrogens is 377 g/mol. The lowest BCUT2D eigenvalue weighted by atomic mass is 10.1. The second kappa shape index (κ2) is 7.95. The van der Waals surface area contributed by atoms with Crippen molar-refractivity contribution in [1.29, 1.82) is 0 Å². The molecule has 1 aliphatic heterocycles. The van der Waals surface area contributed by atoms with E-state index in [1.807, 2.05) is 0 Å². The number of hydrogen-bond donors (Lipinski definition) is 0. The van der Waals surface area contributed by atoms with Gasteiger partial charge in [0.1, 0.15) is 17.6 Å². The van der Waals surface area contributed by atoms with E-state index in [4.69, 9.17) is 14.2 Å². The fourth-order valence-electron chi connectivity index (χ4n) is 2.91. The Labute approximate surface area is 159 Å². The Balaban J connectivity index is 1.64. The molecule has 0 aliphatic carbocycles. The minimum atomic E-state index is -4.44. The van der Waals surface area contributed by atoms with Crippen molar-refractivity contribution in [2.24, 2.45) is 0 Å². The van der Waals surface area contributed by atoms with E-state index in [-0.39, 0.29) is 17.9 Å². The first-order valence-electron chi connectivity index (χ1n) is 8.52. The number of amides is 1. The molecule has 2 aromatic rings. The van der Waals surface area contributed by atoms with Crippen molar-refractivity contribution in [2.75, 3.05) is 27.3 Å². The number of carbonyl (C=O) groups is 1. The van der Waals surface area contributed by atoms with Gasteiger partial charge in [0.05, 0.1) is 26.3 Å². The van der Waals surface area contributed by atoms with Gasteiger partial charge < -0.3 is 19.1 Å². The van der Waals surface area contributed by atoms with Gasteiger partial charge in [0.15, 0.2) is 0 Å². The number of hydrogen-bond acceptors (Lipinski definition) is 5. The summed E-state index contributed by atoms with van der Waals surface area (Å²) in [6.45, 7) is 0.769. The second-order valence-electron chi connectivity index (χ2n) is 6.26. The van der Waals surface area contributed by atoms with Crippen LogP contribution in [0.25, 0.3) is 0 Å². The van der Waals surface area contributed by atoms with E-state index in [0.29, 0.717) is 36.6 Å². The lowest BCUT2D eigenvalue weighted by Gasteiger charge is -2.18. The van der Waals surface area contributed by atoms with Crippen LogP contribution in [0.2, 0.25) is 0 Å². The molecule has 1 amide bonds. The number of methoxy groups -OCH3 is 2. The third-order valence-electron chi connectivity index (χ3n) is 4.38. The van der Waals surface area contributed by atoms with Gasteiger partial charge in [0, 0.05) is 36.9 Å². The standard InChI is InChI=1S/C19H19F3N2O4/c1-26-15-7-12(8-16(9-15)27-2)18(25)24-6-5-14(11-24)28-17-4-3-13(10-23-17)19(20,21)22/h3-4,7-10,14H,5-6,11H2,1-2H3. The molecule has 0 bridgehead atoms. The summed E-state index contributed by atoms with van der Waals surface area (Å²) in [4.78, 5) is 18.1. The number of likely N-dealkylation sites (tertiary alicyclic amines) is 1. The summed E-state index contributed by atoms with van der Waals surface area (Å²) in [5, 5.41) is 0. The largest absolute Gasteiger partial charge is 0.497 e. The van der Waals surface area contributed by atoms with Crippen LogP contribution in [0.3, 0.4) is 0 Å². The maximum Gasteiger partial charge on any atom is 0.417 e. The highest BCUT2D eigenvalue weighted by Gasteiger charge is 2.32. The Bertz CT molecular complexity index is 818. The Morgan fingerprint density at radius 2 is 1.82 bits per heavy atom. The van der Waals surface area contributed by atoms with Gasteiger partial charge in [0.25, 0.3) is 5.91 Å². The molecule has 1 unspecified atom stereocenters. The number of benzene rings is 1. The fraction of sp³-hybridized carbons (Fsp3) is 0.368. The van der Waals surface area contributed by atoms with Gasteiger partial charge in [-0.2, -0.15) is 13.2 Å². The second-order valence-corrected chi connectivity index (χ2v) is 6.26. The molecule has 6 nitrogen and oxygen atoms in total. The predicted octanol–water partition coefficient (Wildman–Crippen LogP) is 3.41. The molecule has 1 aromatic carbocycles. The lowest BCUT2D eigenvalue weighted by molar-refractivity contribution is -0.137. The average molecular weight is 396 g/mol. The first-order valence-corrected chi connectivity index (χ1v) is 8.52. The van der Waals surface area contributed by atoms with Crippen LogP contribution in [0.4, 0.5) is 13.2 Å². The molecule has 1 aliphatic rings. The van der Waals surface area contributed by atoms with Crippen molar-refractivity contribution < 1.29 is 32.2 Å². The molecule has 9 heteroatoms. The minimum Gasteiger partial charge on any atom is -0.497 e. The third kappa shape index (κ3) is 4.47. The summed E-state index contributed by atoms with van der Waals surface area (Å²) in [6.07, 6.45) is -3.51. The zero-order valence-corrected chi connectivity index (χ0v) is 15.3. The van der Waals surface area contributed by atoms with Gasteiger partial charge >= 0.3 is 6.18 Å². The summed E-state index contributed by atoms with van der Waals surface area (Å²) in [5.74, 6) is 0.895. The smallest absolute Gasteiger partial charge is 0.417 e. The van der Waals surface area contributed by atoms with Gasteiger partial charge in [-0.25, -0.2) is 4.98 Å². The summed E-state index contributed by atoms with van der Waals surface area (Å²) < 4.78 is 53.8. The number of rotatable bonds is 5. The summed E-state index contributed by atoms with van der Waals surface area (Å²) in [6, 6.07) is 7.01. The van der Waals surface area contributed by atoms with Crippen LogP contribution in [0.1, 0.15) is 22.3 Å². The molecule has 3 rings (SSSR count). The molecule has 0 spiro atoms. The van der Waals surface area contributed by atoms with Gasteiger partial charge in [0.2, 0.25) is 5.88 Å². The highest BCUT2D eigenvalue weighted by atomic mass is 19.4. The topological polar surface area (TPSA) is 60.9 Å². The van der Waals surface area contributed by atoms with Crippen molar-refractivity contribution in [3.05, 3.63) is 47.7 Å². The molecule has 28 heavy (non-hydrogen) atoms. The van der Waals surface area contributed by atoms with E-state index in [2.05, 4.69) is 4.98 Å². The number of ether oxygens (including phenoxy) is 3. The van der Waals surface area contributed by atoms with Crippen molar-refractivity contribution in [3.8, 4) is 17.4 Å². The molecular formula is C19H19F3N2O4. The SMILES string of the molecule is COc1cc(OC)cc(C(=O)N2CCC(Oc3ccc(C(F)(F)F)cn3)C2)c1. The van der Waals surface area contributed by atoms with Crippen molar-refractivity contribution >= 4 is 5.91 Å². The number of alkyl halides is 3. The van der Waals surface area contributed by atoms with E-state index >= 15 is 0 Å². The lowest BCUT2D eigenvalue weighted by Crippen LogP contribution is -2.31. The van der Waals surface area contributed by atoms with Crippen LogP contribution >= 0.6 is 0 Å². The molecule has 2 heterocycles. The molecule has 0 radical (unpaired) electrons. The van der Waals surface area contributed by atoms with E-state index in [0.717, 1.165) is 12.3 Å². The molecule has 1 atom stereocenters. The Hall–Kier alpha value is -2.97. The van der Waals surface area contributed by atoms with E-state index in [1.165, 1.54) is 20.3 Å². The molecule has 150 valence electrons. The van der Waals surface area contributed by atoms with Crippen LogP contribution in [0, 0.1) is 0 Å². The molecule has 1 fully saturated rings. The Morgan fingerprint density at radius 3 is 2.36 bits per heavy atom. The summed E-state index contributed by atoms with van der Waals surface area (Å²) >= 11 is 0. The Kier molecular flexibility index (Phi) is 5.62. The van der Waals surface area contributed by atoms with Gasteiger partial charge in [-0.1, -0.05) is 0 Å². The highest BCUT2D eigenvalue weighted by molar-refractivity contribution is 5.95. The van der Waals surface area contributed by atoms with Crippen LogP contribution in [0.15, 0.2) is 36.5 Å². The van der Waals surface area contributed by atoms with Crippen LogP contribution in [-0.2, 0) is 6.18 Å². The quantitative estimate of drug-likeness (QED) is 0.775. The van der Waals surface area contributed by atoms with E-state index < -0.39 is 11.7 Å². The molecule has 1 aromatic heterocycles. The number of halogens is 3. The number of nitrogens with zero attached hydrogens (tertiary/aromatic N) is 2. The monoisotopic (exact) mass is 396 g/mol. The summed E-state index contributed by atoms with van der Waals surface area (Å²) in [5.41, 5.74) is -0.417.